The lowest BCUT2D eigenvalue weighted by atomic mass is 10.2. The van der Waals surface area contributed by atoms with Gasteiger partial charge in [0.2, 0.25) is 0 Å². The van der Waals surface area contributed by atoms with Crippen LogP contribution in [0.2, 0.25) is 0 Å². The summed E-state index contributed by atoms with van der Waals surface area (Å²) in [7, 11) is -7.71. The summed E-state index contributed by atoms with van der Waals surface area (Å²) in [5.41, 5.74) is -2.20. The summed E-state index contributed by atoms with van der Waals surface area (Å²) in [6.07, 6.45) is 1.45. The highest BCUT2D eigenvalue weighted by Gasteiger charge is 2.22. The zero-order chi connectivity index (χ0) is 21.8. The minimum atomic E-state index is -3.85. The van der Waals surface area contributed by atoms with Gasteiger partial charge in [0.15, 0.2) is 33.0 Å². The van der Waals surface area contributed by atoms with Crippen molar-refractivity contribution in [3.63, 3.8) is 0 Å². The van der Waals surface area contributed by atoms with E-state index in [0.29, 0.717) is 12.8 Å². The second-order valence-electron chi connectivity index (χ2n) is 5.60. The van der Waals surface area contributed by atoms with Gasteiger partial charge in [0.1, 0.15) is 0 Å². The van der Waals surface area contributed by atoms with Crippen LogP contribution in [-0.2, 0) is 59.1 Å². The van der Waals surface area contributed by atoms with Crippen LogP contribution >= 0.6 is 0 Å². The molecule has 0 aliphatic rings. The quantitative estimate of drug-likeness (QED) is 0.218. The molecular formula is C14H30O10S4. The maximum absolute atomic E-state index is 11.8. The number of unbranched alkanes of at least 4 members (excludes halogenated alkanes) is 3. The molecule has 0 aliphatic heterocycles. The van der Waals surface area contributed by atoms with Gasteiger partial charge in [-0.1, -0.05) is 12.8 Å². The molecule has 4 atom stereocenters. The van der Waals surface area contributed by atoms with Crippen molar-refractivity contribution in [2.75, 3.05) is 24.7 Å². The predicted octanol–water partition coefficient (Wildman–Crippen LogP) is 1.33. The lowest BCUT2D eigenvalue weighted by Crippen LogP contribution is -2.23. The van der Waals surface area contributed by atoms with Crippen molar-refractivity contribution in [2.45, 2.75) is 64.3 Å². The summed E-state index contributed by atoms with van der Waals surface area (Å²) < 4.78 is 89.4. The highest BCUT2D eigenvalue weighted by molar-refractivity contribution is 7.88. The average Bonchev–Trinajstić information content (AvgIpc) is 2.57. The zero-order valence-electron chi connectivity index (χ0n) is 16.5. The van der Waals surface area contributed by atoms with Crippen LogP contribution < -0.4 is 0 Å². The number of hydrogen-bond acceptors (Lipinski definition) is 10. The SMILES string of the molecule is CCOS(=O)C(C)OS(=O)(=O)CCCCCCS(=O)(=O)OC(C)S(=O)OCC. The molecule has 10 nitrogen and oxygen atoms in total. The first-order chi connectivity index (χ1) is 12.9. The standard InChI is InChI=1S/C14H30O10S4/c1-5-21-25(15)13(3)23-27(17,18)11-9-7-8-10-12-28(19,20)24-14(4)26(16)22-6-2/h13-14H,5-12H2,1-4H3. The lowest BCUT2D eigenvalue weighted by molar-refractivity contribution is 0.271. The maximum atomic E-state index is 11.8. The first-order valence-corrected chi connectivity index (χ1v) is 14.3. The Morgan fingerprint density at radius 3 is 1.29 bits per heavy atom. The maximum Gasteiger partial charge on any atom is 0.268 e. The minimum Gasteiger partial charge on any atom is -0.289 e. The van der Waals surface area contributed by atoms with Crippen LogP contribution in [0.25, 0.3) is 0 Å². The van der Waals surface area contributed by atoms with Crippen LogP contribution in [-0.4, -0.2) is 60.8 Å². The van der Waals surface area contributed by atoms with E-state index in [4.69, 9.17) is 16.7 Å². The van der Waals surface area contributed by atoms with E-state index < -0.39 is 53.3 Å². The Morgan fingerprint density at radius 1 is 0.679 bits per heavy atom. The molecule has 0 aliphatic carbocycles. The Balaban J connectivity index is 4.13. The summed E-state index contributed by atoms with van der Waals surface area (Å²) in [5.74, 6) is -0.539. The smallest absolute Gasteiger partial charge is 0.268 e. The molecule has 0 aromatic carbocycles. The van der Waals surface area contributed by atoms with Gasteiger partial charge in [0, 0.05) is 0 Å². The van der Waals surface area contributed by atoms with Crippen LogP contribution in [0.15, 0.2) is 0 Å². The topological polar surface area (TPSA) is 139 Å². The van der Waals surface area contributed by atoms with E-state index in [0.717, 1.165) is 0 Å². The first kappa shape index (κ1) is 28.0. The fourth-order valence-electron chi connectivity index (χ4n) is 1.91. The van der Waals surface area contributed by atoms with E-state index in [1.807, 2.05) is 0 Å². The summed E-state index contributed by atoms with van der Waals surface area (Å²) in [5, 5.41) is 0. The van der Waals surface area contributed by atoms with Gasteiger partial charge in [-0.25, -0.2) is 8.42 Å². The van der Waals surface area contributed by atoms with E-state index in [1.54, 1.807) is 13.8 Å². The van der Waals surface area contributed by atoms with E-state index in [-0.39, 0.29) is 37.6 Å². The fraction of sp³-hybridized carbons (Fsp3) is 1.00. The highest BCUT2D eigenvalue weighted by atomic mass is 32.2. The lowest BCUT2D eigenvalue weighted by Gasteiger charge is -2.12. The molecule has 0 saturated heterocycles. The van der Waals surface area contributed by atoms with Gasteiger partial charge in [0.05, 0.1) is 24.7 Å². The van der Waals surface area contributed by atoms with E-state index >= 15 is 0 Å². The molecule has 0 fully saturated rings. The van der Waals surface area contributed by atoms with Crippen molar-refractivity contribution in [1.82, 2.24) is 0 Å². The van der Waals surface area contributed by atoms with Crippen molar-refractivity contribution >= 4 is 42.4 Å². The molecule has 4 unspecified atom stereocenters. The summed E-state index contributed by atoms with van der Waals surface area (Å²) in [4.78, 5) is 0. The number of hydrogen-bond donors (Lipinski definition) is 0. The van der Waals surface area contributed by atoms with Crippen LogP contribution in [0.4, 0.5) is 0 Å². The van der Waals surface area contributed by atoms with Crippen molar-refractivity contribution in [2.24, 2.45) is 0 Å². The fourth-order valence-corrected chi connectivity index (χ4v) is 6.12. The van der Waals surface area contributed by atoms with E-state index in [2.05, 4.69) is 0 Å². The first-order valence-electron chi connectivity index (χ1n) is 8.83. The summed E-state index contributed by atoms with van der Waals surface area (Å²) in [6, 6.07) is 0. The molecular weight excluding hydrogens is 456 g/mol. The largest absolute Gasteiger partial charge is 0.289 e. The van der Waals surface area contributed by atoms with Crippen LogP contribution in [0, 0.1) is 0 Å². The molecule has 0 aromatic rings. The third-order valence-electron chi connectivity index (χ3n) is 3.11. The highest BCUT2D eigenvalue weighted by Crippen LogP contribution is 2.12. The molecule has 0 spiro atoms. The normalized spacial score (nSPS) is 17.1. The predicted molar refractivity (Wildman–Crippen MR) is 107 cm³/mol. The van der Waals surface area contributed by atoms with Crippen LogP contribution in [0.1, 0.15) is 53.4 Å². The van der Waals surface area contributed by atoms with Gasteiger partial charge in [-0.3, -0.25) is 16.7 Å². The minimum absolute atomic E-state index is 0.174. The monoisotopic (exact) mass is 486 g/mol. The zero-order valence-corrected chi connectivity index (χ0v) is 19.8. The molecule has 0 radical (unpaired) electrons. The van der Waals surface area contributed by atoms with Crippen LogP contribution in [0.3, 0.4) is 0 Å². The van der Waals surface area contributed by atoms with Gasteiger partial charge < -0.3 is 0 Å². The van der Waals surface area contributed by atoms with Gasteiger partial charge in [-0.2, -0.15) is 16.8 Å². The Hall–Kier alpha value is 0.0400. The Labute approximate surface area is 173 Å². The summed E-state index contributed by atoms with van der Waals surface area (Å²) >= 11 is -3.71. The van der Waals surface area contributed by atoms with Crippen LogP contribution in [0.5, 0.6) is 0 Å². The van der Waals surface area contributed by atoms with Gasteiger partial charge in [-0.05, 0) is 40.5 Å². The van der Waals surface area contributed by atoms with E-state index in [1.165, 1.54) is 13.8 Å². The number of rotatable bonds is 17. The van der Waals surface area contributed by atoms with Crippen molar-refractivity contribution in [3.8, 4) is 0 Å². The second kappa shape index (κ2) is 14.1. The molecule has 170 valence electrons. The Bertz CT molecular complexity index is 629. The average molecular weight is 487 g/mol. The molecule has 14 heteroatoms. The summed E-state index contributed by atoms with van der Waals surface area (Å²) in [6.45, 7) is 6.29. The molecule has 0 bridgehead atoms. The molecule has 0 aromatic heterocycles. The Kier molecular flexibility index (Phi) is 14.1. The van der Waals surface area contributed by atoms with Crippen molar-refractivity contribution < 1.29 is 42.0 Å². The van der Waals surface area contributed by atoms with Crippen molar-refractivity contribution in [3.05, 3.63) is 0 Å². The molecule has 0 rings (SSSR count). The molecule has 28 heavy (non-hydrogen) atoms. The van der Waals surface area contributed by atoms with Gasteiger partial charge >= 0.3 is 0 Å². The second-order valence-corrected chi connectivity index (χ2v) is 11.9. The molecule has 0 heterocycles. The third kappa shape index (κ3) is 13.3. The third-order valence-corrected chi connectivity index (χ3v) is 8.31. The molecule has 0 saturated carbocycles. The molecule has 0 amide bonds. The van der Waals surface area contributed by atoms with Gasteiger partial charge in [-0.15, -0.1) is 0 Å². The van der Waals surface area contributed by atoms with Crippen molar-refractivity contribution in [1.29, 1.82) is 0 Å². The van der Waals surface area contributed by atoms with Gasteiger partial charge in [0.25, 0.3) is 20.2 Å². The van der Waals surface area contributed by atoms with E-state index in [9.17, 15) is 25.3 Å². The molecule has 0 N–H and O–H groups in total. The Morgan fingerprint density at radius 2 is 1.00 bits per heavy atom.